The molecule has 2 aromatic rings. The van der Waals surface area contributed by atoms with E-state index in [9.17, 15) is 0 Å². The van der Waals surface area contributed by atoms with E-state index < -0.39 is 0 Å². The van der Waals surface area contributed by atoms with Crippen LogP contribution in [0.4, 0.5) is 0 Å². The van der Waals surface area contributed by atoms with E-state index in [1.165, 1.54) is 11.3 Å². The van der Waals surface area contributed by atoms with E-state index in [0.717, 1.165) is 28.8 Å². The van der Waals surface area contributed by atoms with Gasteiger partial charge in [0.15, 0.2) is 0 Å². The van der Waals surface area contributed by atoms with Crippen LogP contribution < -0.4 is 5.32 Å². The van der Waals surface area contributed by atoms with Crippen LogP contribution in [0.5, 0.6) is 0 Å². The number of nitrogens with zero attached hydrogens (tertiary/aromatic N) is 2. The van der Waals surface area contributed by atoms with Gasteiger partial charge in [-0.25, -0.2) is 4.98 Å². The Morgan fingerprint density at radius 1 is 1.35 bits per heavy atom. The Hall–Kier alpha value is -1.13. The normalized spacial score (nSPS) is 12.7. The Balaban J connectivity index is 2.28. The van der Waals surface area contributed by atoms with E-state index in [-0.39, 0.29) is 0 Å². The van der Waals surface area contributed by atoms with Crippen LogP contribution in [0.2, 0.25) is 0 Å². The maximum atomic E-state index is 4.36. The van der Waals surface area contributed by atoms with Crippen LogP contribution in [0.3, 0.4) is 0 Å². The molecule has 0 saturated carbocycles. The molecule has 20 heavy (non-hydrogen) atoms. The standard InChI is InChI=1S/C16H22BrN3/c1-5-8-18-12(3)15-7-6-14(9-16(15)17)20-10-19-11(2)13(20)4/h6-7,9-10,12,18H,5,8H2,1-4H3. The third kappa shape index (κ3) is 3.13. The van der Waals surface area contributed by atoms with Crippen LogP contribution in [0.15, 0.2) is 29.0 Å². The minimum absolute atomic E-state index is 0.351. The van der Waals surface area contributed by atoms with Crippen molar-refractivity contribution in [2.24, 2.45) is 0 Å². The number of benzene rings is 1. The summed E-state index contributed by atoms with van der Waals surface area (Å²) >= 11 is 3.69. The van der Waals surface area contributed by atoms with E-state index in [4.69, 9.17) is 0 Å². The van der Waals surface area contributed by atoms with Crippen LogP contribution in [0, 0.1) is 13.8 Å². The molecule has 0 saturated heterocycles. The van der Waals surface area contributed by atoms with Gasteiger partial charge in [0, 0.05) is 21.9 Å². The summed E-state index contributed by atoms with van der Waals surface area (Å²) in [6.07, 6.45) is 3.03. The number of nitrogens with one attached hydrogen (secondary N) is 1. The first kappa shape index (κ1) is 15.3. The molecule has 0 aliphatic rings. The summed E-state index contributed by atoms with van der Waals surface area (Å²) in [5.74, 6) is 0. The highest BCUT2D eigenvalue weighted by Crippen LogP contribution is 2.27. The summed E-state index contributed by atoms with van der Waals surface area (Å²) in [6, 6.07) is 6.84. The number of aromatic nitrogens is 2. The van der Waals surface area contributed by atoms with Crippen molar-refractivity contribution in [3.05, 3.63) is 46.0 Å². The van der Waals surface area contributed by atoms with Gasteiger partial charge in [-0.1, -0.05) is 28.9 Å². The molecule has 108 valence electrons. The van der Waals surface area contributed by atoms with Crippen molar-refractivity contribution < 1.29 is 0 Å². The van der Waals surface area contributed by atoms with Gasteiger partial charge in [-0.3, -0.25) is 0 Å². The zero-order valence-electron chi connectivity index (χ0n) is 12.6. The van der Waals surface area contributed by atoms with Gasteiger partial charge in [-0.05, 0) is 51.4 Å². The molecule has 0 aliphatic carbocycles. The highest BCUT2D eigenvalue weighted by atomic mass is 79.9. The molecule has 0 aliphatic heterocycles. The predicted molar refractivity (Wildman–Crippen MR) is 87.4 cm³/mol. The second kappa shape index (κ2) is 6.55. The molecule has 1 unspecified atom stereocenters. The molecule has 0 amide bonds. The van der Waals surface area contributed by atoms with Crippen LogP contribution in [0.1, 0.15) is 43.3 Å². The second-order valence-electron chi connectivity index (χ2n) is 5.17. The Kier molecular flexibility index (Phi) is 5.00. The van der Waals surface area contributed by atoms with Gasteiger partial charge in [-0.15, -0.1) is 0 Å². The topological polar surface area (TPSA) is 29.9 Å². The first-order chi connectivity index (χ1) is 9.54. The highest BCUT2D eigenvalue weighted by Gasteiger charge is 2.11. The first-order valence-corrected chi connectivity index (χ1v) is 7.87. The maximum Gasteiger partial charge on any atom is 0.0997 e. The highest BCUT2D eigenvalue weighted by molar-refractivity contribution is 9.10. The summed E-state index contributed by atoms with van der Waals surface area (Å²) < 4.78 is 3.26. The zero-order chi connectivity index (χ0) is 14.7. The van der Waals surface area contributed by atoms with Gasteiger partial charge in [-0.2, -0.15) is 0 Å². The molecule has 1 N–H and O–H groups in total. The Bertz CT molecular complexity index is 589. The van der Waals surface area contributed by atoms with E-state index in [0.29, 0.717) is 6.04 Å². The van der Waals surface area contributed by atoms with Crippen molar-refractivity contribution in [1.82, 2.24) is 14.9 Å². The lowest BCUT2D eigenvalue weighted by molar-refractivity contribution is 0.569. The molecule has 0 bridgehead atoms. The van der Waals surface area contributed by atoms with Crippen molar-refractivity contribution in [3.8, 4) is 5.69 Å². The number of halogens is 1. The minimum atomic E-state index is 0.351. The largest absolute Gasteiger partial charge is 0.310 e. The van der Waals surface area contributed by atoms with Crippen molar-refractivity contribution >= 4 is 15.9 Å². The molecule has 1 aromatic carbocycles. The molecule has 3 nitrogen and oxygen atoms in total. The van der Waals surface area contributed by atoms with Crippen molar-refractivity contribution in [3.63, 3.8) is 0 Å². The number of hydrogen-bond donors (Lipinski definition) is 1. The van der Waals surface area contributed by atoms with Crippen molar-refractivity contribution in [2.45, 2.75) is 40.2 Å². The Labute approximate surface area is 129 Å². The monoisotopic (exact) mass is 335 g/mol. The van der Waals surface area contributed by atoms with Crippen LogP contribution in [-0.2, 0) is 0 Å². The third-order valence-electron chi connectivity index (χ3n) is 3.68. The molecule has 1 aromatic heterocycles. The maximum absolute atomic E-state index is 4.36. The fourth-order valence-corrected chi connectivity index (χ4v) is 2.96. The lowest BCUT2D eigenvalue weighted by Gasteiger charge is -2.16. The summed E-state index contributed by atoms with van der Waals surface area (Å²) in [4.78, 5) is 4.36. The smallest absolute Gasteiger partial charge is 0.0997 e. The molecule has 2 rings (SSSR count). The van der Waals surface area contributed by atoms with Crippen molar-refractivity contribution in [1.29, 1.82) is 0 Å². The number of aryl methyl sites for hydroxylation is 1. The van der Waals surface area contributed by atoms with Gasteiger partial charge in [0.1, 0.15) is 0 Å². The summed E-state index contributed by atoms with van der Waals surface area (Å²) in [5, 5.41) is 3.51. The summed E-state index contributed by atoms with van der Waals surface area (Å²) in [7, 11) is 0. The minimum Gasteiger partial charge on any atom is -0.310 e. The lowest BCUT2D eigenvalue weighted by Crippen LogP contribution is -2.19. The molecular weight excluding hydrogens is 314 g/mol. The van der Waals surface area contributed by atoms with E-state index in [2.05, 4.69) is 69.8 Å². The zero-order valence-corrected chi connectivity index (χ0v) is 14.2. The Morgan fingerprint density at radius 3 is 2.65 bits per heavy atom. The average molecular weight is 336 g/mol. The number of hydrogen-bond acceptors (Lipinski definition) is 2. The van der Waals surface area contributed by atoms with Crippen molar-refractivity contribution in [2.75, 3.05) is 6.54 Å². The molecule has 0 radical (unpaired) electrons. The molecule has 1 atom stereocenters. The van der Waals surface area contributed by atoms with Gasteiger partial charge >= 0.3 is 0 Å². The SMILES string of the molecule is CCCNC(C)c1ccc(-n2cnc(C)c2C)cc1Br. The van der Waals surface area contributed by atoms with Crippen LogP contribution in [-0.4, -0.2) is 16.1 Å². The Morgan fingerprint density at radius 2 is 2.10 bits per heavy atom. The van der Waals surface area contributed by atoms with E-state index in [1.807, 2.05) is 13.3 Å². The lowest BCUT2D eigenvalue weighted by atomic mass is 10.1. The van der Waals surface area contributed by atoms with Gasteiger partial charge in [0.2, 0.25) is 0 Å². The van der Waals surface area contributed by atoms with Crippen LogP contribution >= 0.6 is 15.9 Å². The number of rotatable bonds is 5. The molecule has 4 heteroatoms. The van der Waals surface area contributed by atoms with E-state index in [1.54, 1.807) is 0 Å². The molecule has 0 spiro atoms. The predicted octanol–water partition coefficient (Wildman–Crippen LogP) is 4.31. The van der Waals surface area contributed by atoms with Gasteiger partial charge < -0.3 is 9.88 Å². The summed E-state index contributed by atoms with van der Waals surface area (Å²) in [6.45, 7) is 9.54. The first-order valence-electron chi connectivity index (χ1n) is 7.08. The van der Waals surface area contributed by atoms with Gasteiger partial charge in [0.25, 0.3) is 0 Å². The van der Waals surface area contributed by atoms with E-state index >= 15 is 0 Å². The molecule has 0 fully saturated rings. The number of imidazole rings is 1. The molecule has 1 heterocycles. The summed E-state index contributed by atoms with van der Waals surface area (Å²) in [5.41, 5.74) is 4.68. The average Bonchev–Trinajstić information content (AvgIpc) is 2.76. The van der Waals surface area contributed by atoms with Crippen LogP contribution in [0.25, 0.3) is 5.69 Å². The fraction of sp³-hybridized carbons (Fsp3) is 0.438. The quantitative estimate of drug-likeness (QED) is 0.882. The molecular formula is C16H22BrN3. The second-order valence-corrected chi connectivity index (χ2v) is 6.02. The third-order valence-corrected chi connectivity index (χ3v) is 4.37. The fourth-order valence-electron chi connectivity index (χ4n) is 2.25. The van der Waals surface area contributed by atoms with Gasteiger partial charge in [0.05, 0.1) is 12.0 Å².